The van der Waals surface area contributed by atoms with Crippen molar-refractivity contribution in [3.05, 3.63) is 95.1 Å². The second-order valence-electron chi connectivity index (χ2n) is 15.8. The monoisotopic (exact) mass is 684 g/mol. The minimum absolute atomic E-state index is 0.0394. The smallest absolute Gasteiger partial charge is 0.309 e. The van der Waals surface area contributed by atoms with Gasteiger partial charge in [-0.1, -0.05) is 109 Å². The number of carbonyl (C=O) groups is 1. The molecule has 4 unspecified atom stereocenters. The average molecular weight is 685 g/mol. The Labute approximate surface area is 303 Å². The fraction of sp³-hybridized carbons (Fsp3) is 0.578. The molecule has 3 aromatic carbocycles. The maximum Gasteiger partial charge on any atom is 0.309 e. The molecule has 0 spiro atoms. The van der Waals surface area contributed by atoms with E-state index in [1.165, 1.54) is 41.5 Å². The first-order chi connectivity index (χ1) is 24.0. The van der Waals surface area contributed by atoms with Crippen molar-refractivity contribution in [3.8, 4) is 11.5 Å². The van der Waals surface area contributed by atoms with Crippen molar-refractivity contribution in [2.24, 2.45) is 11.8 Å². The van der Waals surface area contributed by atoms with Crippen molar-refractivity contribution >= 4 is 5.97 Å². The van der Waals surface area contributed by atoms with Crippen LogP contribution in [-0.2, 0) is 19.7 Å². The van der Waals surface area contributed by atoms with Gasteiger partial charge in [0.15, 0.2) is 6.29 Å². The summed E-state index contributed by atoms with van der Waals surface area (Å²) in [6.45, 7) is 16.0. The molecular weight excluding hydrogens is 620 g/mol. The average Bonchev–Trinajstić information content (AvgIpc) is 3.11. The molecule has 5 nitrogen and oxygen atoms in total. The van der Waals surface area contributed by atoms with Crippen LogP contribution in [0, 0.1) is 11.8 Å². The van der Waals surface area contributed by atoms with Gasteiger partial charge >= 0.3 is 5.97 Å². The van der Waals surface area contributed by atoms with Crippen LogP contribution in [0.15, 0.2) is 72.8 Å². The molecule has 5 heteroatoms. The Morgan fingerprint density at radius 3 is 1.98 bits per heavy atom. The van der Waals surface area contributed by atoms with E-state index in [-0.39, 0.29) is 23.9 Å². The number of esters is 1. The van der Waals surface area contributed by atoms with Crippen molar-refractivity contribution in [2.45, 2.75) is 142 Å². The van der Waals surface area contributed by atoms with Gasteiger partial charge in [0.1, 0.15) is 18.1 Å². The van der Waals surface area contributed by atoms with Crippen molar-refractivity contribution in [2.75, 3.05) is 13.2 Å². The maximum absolute atomic E-state index is 12.6. The standard InChI is InChI=1S/C45H64O5/c1-8-10-11-34-12-14-39(15-13-34)44(47)49-29-28-48-33(4)50-43-26-20-37(21-27-43)35(9-2)31-40(38-18-24-42(46)25-19-38)30-32(3)36-16-22-41(23-17-36)45(5,6)7/h16-27,32-35,39-40,46H,8-15,28-31H2,1-7H3. The van der Waals surface area contributed by atoms with E-state index in [1.54, 1.807) is 0 Å². The van der Waals surface area contributed by atoms with E-state index in [1.807, 2.05) is 31.2 Å². The van der Waals surface area contributed by atoms with Gasteiger partial charge in [0.2, 0.25) is 0 Å². The number of benzene rings is 3. The van der Waals surface area contributed by atoms with Crippen LogP contribution in [0.1, 0.15) is 153 Å². The SMILES string of the molecule is CCCCC1CCC(C(=O)OCCOC(C)Oc2ccc(C(CC)CC(CC(C)c3ccc(C(C)(C)C)cc3)c3ccc(O)cc3)cc2)CC1. The van der Waals surface area contributed by atoms with Crippen LogP contribution in [0.3, 0.4) is 0 Å². The van der Waals surface area contributed by atoms with Gasteiger partial charge < -0.3 is 19.3 Å². The van der Waals surface area contributed by atoms with E-state index >= 15 is 0 Å². The van der Waals surface area contributed by atoms with E-state index in [9.17, 15) is 9.90 Å². The van der Waals surface area contributed by atoms with Crippen LogP contribution in [-0.4, -0.2) is 30.6 Å². The minimum Gasteiger partial charge on any atom is -0.508 e. The van der Waals surface area contributed by atoms with Crippen LogP contribution < -0.4 is 4.74 Å². The highest BCUT2D eigenvalue weighted by Gasteiger charge is 2.27. The number of unbranched alkanes of at least 4 members (excludes halogenated alkanes) is 1. The highest BCUT2D eigenvalue weighted by atomic mass is 16.7. The number of phenolic OH excluding ortho intramolecular Hbond substituents is 1. The van der Waals surface area contributed by atoms with Gasteiger partial charge in [0.25, 0.3) is 0 Å². The zero-order valence-corrected chi connectivity index (χ0v) is 32.0. The molecule has 1 N–H and O–H groups in total. The molecule has 0 radical (unpaired) electrons. The summed E-state index contributed by atoms with van der Waals surface area (Å²) >= 11 is 0. The van der Waals surface area contributed by atoms with Gasteiger partial charge in [-0.2, -0.15) is 0 Å². The van der Waals surface area contributed by atoms with Gasteiger partial charge in [-0.15, -0.1) is 0 Å². The Morgan fingerprint density at radius 1 is 0.780 bits per heavy atom. The molecule has 0 bridgehead atoms. The van der Waals surface area contributed by atoms with Crippen LogP contribution in [0.25, 0.3) is 0 Å². The Kier molecular flexibility index (Phi) is 15.3. The second kappa shape index (κ2) is 19.3. The zero-order valence-electron chi connectivity index (χ0n) is 32.0. The molecule has 0 amide bonds. The largest absolute Gasteiger partial charge is 0.508 e. The summed E-state index contributed by atoms with van der Waals surface area (Å²) in [5.41, 5.74) is 5.43. The van der Waals surface area contributed by atoms with Gasteiger partial charge in [-0.3, -0.25) is 4.79 Å². The van der Waals surface area contributed by atoms with Gasteiger partial charge in [0, 0.05) is 0 Å². The van der Waals surface area contributed by atoms with Crippen molar-refractivity contribution in [3.63, 3.8) is 0 Å². The van der Waals surface area contributed by atoms with E-state index in [2.05, 4.69) is 90.1 Å². The van der Waals surface area contributed by atoms with Crippen molar-refractivity contribution in [1.29, 1.82) is 0 Å². The zero-order chi connectivity index (χ0) is 36.1. The third kappa shape index (κ3) is 12.2. The fourth-order valence-electron chi connectivity index (χ4n) is 7.57. The molecule has 4 atom stereocenters. The highest BCUT2D eigenvalue weighted by Crippen LogP contribution is 2.40. The molecule has 274 valence electrons. The lowest BCUT2D eigenvalue weighted by Crippen LogP contribution is -2.26. The van der Waals surface area contributed by atoms with Crippen LogP contribution in [0.4, 0.5) is 0 Å². The van der Waals surface area contributed by atoms with Crippen LogP contribution in [0.2, 0.25) is 0 Å². The predicted molar refractivity (Wildman–Crippen MR) is 205 cm³/mol. The molecule has 1 fully saturated rings. The fourth-order valence-corrected chi connectivity index (χ4v) is 7.57. The van der Waals surface area contributed by atoms with Gasteiger partial charge in [-0.25, -0.2) is 0 Å². The van der Waals surface area contributed by atoms with E-state index in [0.717, 1.165) is 56.6 Å². The number of carbonyl (C=O) groups excluding carboxylic acids is 1. The Hall–Kier alpha value is -3.31. The Bertz CT molecular complexity index is 1400. The third-order valence-electron chi connectivity index (χ3n) is 10.9. The van der Waals surface area contributed by atoms with Crippen LogP contribution in [0.5, 0.6) is 11.5 Å². The van der Waals surface area contributed by atoms with Gasteiger partial charge in [-0.05, 0) is 127 Å². The summed E-state index contributed by atoms with van der Waals surface area (Å²) in [5, 5.41) is 10.0. The summed E-state index contributed by atoms with van der Waals surface area (Å²) in [5.74, 6) is 2.93. The first-order valence-electron chi connectivity index (χ1n) is 19.4. The lowest BCUT2D eigenvalue weighted by molar-refractivity contribution is -0.154. The van der Waals surface area contributed by atoms with E-state index < -0.39 is 6.29 Å². The first-order valence-corrected chi connectivity index (χ1v) is 19.4. The topological polar surface area (TPSA) is 65.0 Å². The molecule has 1 aliphatic carbocycles. The van der Waals surface area contributed by atoms with Gasteiger partial charge in [0.05, 0.1) is 12.5 Å². The summed E-state index contributed by atoms with van der Waals surface area (Å²) in [6.07, 6.45) is 10.6. The number of ether oxygens (including phenoxy) is 3. The van der Waals surface area contributed by atoms with Crippen LogP contribution >= 0.6 is 0 Å². The first kappa shape index (κ1) is 39.5. The molecule has 0 saturated heterocycles. The number of rotatable bonds is 18. The number of phenols is 1. The summed E-state index contributed by atoms with van der Waals surface area (Å²) in [4.78, 5) is 12.6. The minimum atomic E-state index is -0.451. The van der Waals surface area contributed by atoms with Crippen molar-refractivity contribution < 1.29 is 24.1 Å². The Morgan fingerprint density at radius 2 is 1.38 bits per heavy atom. The molecule has 0 heterocycles. The molecule has 0 aromatic heterocycles. The second-order valence-corrected chi connectivity index (χ2v) is 15.8. The molecule has 50 heavy (non-hydrogen) atoms. The molecule has 0 aliphatic heterocycles. The summed E-state index contributed by atoms with van der Waals surface area (Å²) in [6, 6.07) is 25.4. The number of aromatic hydroxyl groups is 1. The number of hydrogen-bond donors (Lipinski definition) is 1. The molecule has 3 aromatic rings. The predicted octanol–water partition coefficient (Wildman–Crippen LogP) is 11.8. The van der Waals surface area contributed by atoms with E-state index in [0.29, 0.717) is 30.1 Å². The molecule has 1 aliphatic rings. The lowest BCUT2D eigenvalue weighted by atomic mass is 9.78. The quantitative estimate of drug-likeness (QED) is 0.0821. The molecular formula is C45H64O5. The van der Waals surface area contributed by atoms with E-state index in [4.69, 9.17) is 14.2 Å². The lowest BCUT2D eigenvalue weighted by Gasteiger charge is -2.27. The Balaban J connectivity index is 1.28. The summed E-state index contributed by atoms with van der Waals surface area (Å²) in [7, 11) is 0. The maximum atomic E-state index is 12.6. The number of hydrogen-bond acceptors (Lipinski definition) is 5. The molecule has 1 saturated carbocycles. The normalized spacial score (nSPS) is 18.9. The highest BCUT2D eigenvalue weighted by molar-refractivity contribution is 5.72. The molecule has 4 rings (SSSR count). The summed E-state index contributed by atoms with van der Waals surface area (Å²) < 4.78 is 17.4. The van der Waals surface area contributed by atoms with Crippen molar-refractivity contribution in [1.82, 2.24) is 0 Å². The third-order valence-corrected chi connectivity index (χ3v) is 10.9.